The molecular weight excluding hydrogens is 490 g/mol. The van der Waals surface area contributed by atoms with Gasteiger partial charge in [-0.1, -0.05) is 29.3 Å². The van der Waals surface area contributed by atoms with Crippen LogP contribution in [0.5, 0.6) is 11.5 Å². The molecule has 0 saturated heterocycles. The van der Waals surface area contributed by atoms with E-state index in [4.69, 9.17) is 4.74 Å². The van der Waals surface area contributed by atoms with E-state index in [9.17, 15) is 9.90 Å². The minimum atomic E-state index is -0.224. The molecule has 0 atom stereocenters. The molecule has 0 unspecified atom stereocenters. The number of rotatable bonds is 6. The van der Waals surface area contributed by atoms with Crippen LogP contribution in [0.25, 0.3) is 10.9 Å². The molecule has 0 aliphatic carbocycles. The monoisotopic (exact) mass is 507 g/mol. The number of fused-ring (bicyclic) bond motifs is 1. The number of nitrogens with zero attached hydrogens (tertiary/aromatic N) is 3. The molecule has 1 N–H and O–H groups in total. The molecule has 0 radical (unpaired) electrons. The number of aromatic nitrogens is 2. The van der Waals surface area contributed by atoms with Crippen LogP contribution in [0.4, 0.5) is 0 Å². The van der Waals surface area contributed by atoms with Crippen LogP contribution in [0.2, 0.25) is 0 Å². The number of aromatic hydroxyl groups is 1. The molecule has 0 spiro atoms. The molecule has 8 heteroatoms. The fourth-order valence-corrected chi connectivity index (χ4v) is 3.58. The summed E-state index contributed by atoms with van der Waals surface area (Å²) >= 11 is 6.69. The summed E-state index contributed by atoms with van der Waals surface area (Å²) in [6.07, 6.45) is 4.09. The minimum absolute atomic E-state index is 0.0117. The van der Waals surface area contributed by atoms with Crippen LogP contribution < -0.4 is 10.3 Å². The number of methoxy groups -OCH3 is 1. The summed E-state index contributed by atoms with van der Waals surface area (Å²) in [5, 5.41) is 14.8. The van der Waals surface area contributed by atoms with Crippen LogP contribution in [-0.4, -0.2) is 28.1 Å². The van der Waals surface area contributed by atoms with Gasteiger partial charge in [0.25, 0.3) is 5.56 Å². The largest absolute Gasteiger partial charge is 0.503 e. The maximum absolute atomic E-state index is 13.0. The molecule has 146 valence electrons. The summed E-state index contributed by atoms with van der Waals surface area (Å²) in [6, 6.07) is 8.79. The molecule has 6 nitrogen and oxygen atoms in total. The van der Waals surface area contributed by atoms with Gasteiger partial charge in [0, 0.05) is 10.9 Å². The van der Waals surface area contributed by atoms with E-state index in [2.05, 4.69) is 48.9 Å². The van der Waals surface area contributed by atoms with Crippen molar-refractivity contribution in [3.8, 4) is 11.5 Å². The minimum Gasteiger partial charge on any atom is -0.503 e. The van der Waals surface area contributed by atoms with Crippen LogP contribution in [0.3, 0.4) is 0 Å². The first-order valence-corrected chi connectivity index (χ1v) is 10.3. The highest BCUT2D eigenvalue weighted by Gasteiger charge is 2.12. The van der Waals surface area contributed by atoms with E-state index >= 15 is 0 Å². The number of halogens is 2. The van der Waals surface area contributed by atoms with Crippen molar-refractivity contribution in [2.24, 2.45) is 5.10 Å². The second-order valence-corrected chi connectivity index (χ2v) is 7.98. The number of phenols is 1. The van der Waals surface area contributed by atoms with E-state index in [1.807, 2.05) is 12.1 Å². The number of hydrogen-bond acceptors (Lipinski definition) is 5. The van der Waals surface area contributed by atoms with Gasteiger partial charge in [0.05, 0.1) is 28.7 Å². The molecule has 0 amide bonds. The van der Waals surface area contributed by atoms with Crippen molar-refractivity contribution in [2.45, 2.75) is 26.2 Å². The zero-order valence-electron chi connectivity index (χ0n) is 15.4. The van der Waals surface area contributed by atoms with Crippen molar-refractivity contribution in [3.63, 3.8) is 0 Å². The number of ether oxygens (including phenoxy) is 1. The van der Waals surface area contributed by atoms with E-state index in [-0.39, 0.29) is 11.3 Å². The van der Waals surface area contributed by atoms with Crippen molar-refractivity contribution in [3.05, 3.63) is 61.0 Å². The molecule has 0 aliphatic heterocycles. The van der Waals surface area contributed by atoms with Gasteiger partial charge in [0.1, 0.15) is 5.82 Å². The molecule has 0 saturated carbocycles. The lowest BCUT2D eigenvalue weighted by atomic mass is 10.2. The first-order valence-electron chi connectivity index (χ1n) is 8.76. The Morgan fingerprint density at radius 3 is 2.79 bits per heavy atom. The lowest BCUT2D eigenvalue weighted by Gasteiger charge is -2.10. The van der Waals surface area contributed by atoms with E-state index in [1.165, 1.54) is 11.8 Å². The zero-order chi connectivity index (χ0) is 20.3. The summed E-state index contributed by atoms with van der Waals surface area (Å²) in [7, 11) is 1.47. The number of benzene rings is 2. The fourth-order valence-electron chi connectivity index (χ4n) is 2.76. The van der Waals surface area contributed by atoms with Crippen LogP contribution in [0.15, 0.2) is 49.2 Å². The number of hydrogen-bond donors (Lipinski definition) is 1. The standard InChI is InChI=1S/C20H19Br2N3O3/c1-3-4-5-18-24-16-7-6-13(21)10-14(16)20(27)25(18)23-11-12-8-15(22)19(26)17(9-12)28-2/h6-11,26H,3-5H2,1-2H3. The normalized spacial score (nSPS) is 11.4. The summed E-state index contributed by atoms with van der Waals surface area (Å²) in [4.78, 5) is 17.7. The molecule has 3 aromatic rings. The van der Waals surface area contributed by atoms with Crippen LogP contribution in [0.1, 0.15) is 31.2 Å². The SMILES string of the molecule is CCCCc1nc2ccc(Br)cc2c(=O)n1N=Cc1cc(Br)c(O)c(OC)c1. The second kappa shape index (κ2) is 8.87. The van der Waals surface area contributed by atoms with E-state index < -0.39 is 0 Å². The summed E-state index contributed by atoms with van der Waals surface area (Å²) in [5.41, 5.74) is 1.10. The van der Waals surface area contributed by atoms with Crippen molar-refractivity contribution in [1.82, 2.24) is 9.66 Å². The quantitative estimate of drug-likeness (QED) is 0.482. The highest BCUT2D eigenvalue weighted by Crippen LogP contribution is 2.34. The third-order valence-corrected chi connectivity index (χ3v) is 5.32. The second-order valence-electron chi connectivity index (χ2n) is 6.21. The highest BCUT2D eigenvalue weighted by atomic mass is 79.9. The van der Waals surface area contributed by atoms with Gasteiger partial charge in [-0.3, -0.25) is 4.79 Å². The van der Waals surface area contributed by atoms with Gasteiger partial charge >= 0.3 is 0 Å². The fraction of sp³-hybridized carbons (Fsp3) is 0.250. The first-order chi connectivity index (χ1) is 13.4. The van der Waals surface area contributed by atoms with Gasteiger partial charge in [-0.15, -0.1) is 0 Å². The van der Waals surface area contributed by atoms with Gasteiger partial charge in [-0.2, -0.15) is 9.78 Å². The lowest BCUT2D eigenvalue weighted by Crippen LogP contribution is -2.22. The van der Waals surface area contributed by atoms with E-state index in [1.54, 1.807) is 24.4 Å². The molecule has 1 aromatic heterocycles. The van der Waals surface area contributed by atoms with Crippen molar-refractivity contribution >= 4 is 49.0 Å². The Morgan fingerprint density at radius 2 is 2.07 bits per heavy atom. The lowest BCUT2D eigenvalue weighted by molar-refractivity contribution is 0.372. The Morgan fingerprint density at radius 1 is 1.29 bits per heavy atom. The summed E-state index contributed by atoms with van der Waals surface area (Å²) in [6.45, 7) is 2.09. The molecule has 0 aliphatic rings. The third kappa shape index (κ3) is 4.28. The van der Waals surface area contributed by atoms with Crippen molar-refractivity contribution in [2.75, 3.05) is 7.11 Å². The van der Waals surface area contributed by atoms with Crippen LogP contribution in [0, 0.1) is 0 Å². The average molecular weight is 509 g/mol. The van der Waals surface area contributed by atoms with E-state index in [0.717, 1.165) is 17.3 Å². The average Bonchev–Trinajstić information content (AvgIpc) is 2.68. The van der Waals surface area contributed by atoms with Gasteiger partial charge in [-0.05, 0) is 58.2 Å². The highest BCUT2D eigenvalue weighted by molar-refractivity contribution is 9.10. The Balaban J connectivity index is 2.13. The van der Waals surface area contributed by atoms with Gasteiger partial charge in [0.2, 0.25) is 0 Å². The Labute approximate surface area is 179 Å². The maximum Gasteiger partial charge on any atom is 0.282 e. The Kier molecular flexibility index (Phi) is 6.51. The number of phenolic OH excluding ortho intramolecular Hbond substituents is 1. The predicted molar refractivity (Wildman–Crippen MR) is 118 cm³/mol. The molecule has 0 bridgehead atoms. The number of unbranched alkanes of at least 4 members (excludes halogenated alkanes) is 1. The summed E-state index contributed by atoms with van der Waals surface area (Å²) in [5.74, 6) is 0.940. The van der Waals surface area contributed by atoms with Gasteiger partial charge < -0.3 is 9.84 Å². The molecular formula is C20H19Br2N3O3. The van der Waals surface area contributed by atoms with E-state index in [0.29, 0.717) is 38.9 Å². The van der Waals surface area contributed by atoms with Gasteiger partial charge in [-0.25, -0.2) is 4.98 Å². The predicted octanol–water partition coefficient (Wildman–Crippen LogP) is 4.86. The van der Waals surface area contributed by atoms with Crippen molar-refractivity contribution in [1.29, 1.82) is 0 Å². The summed E-state index contributed by atoms with van der Waals surface area (Å²) < 4.78 is 7.79. The molecule has 2 aromatic carbocycles. The van der Waals surface area contributed by atoms with Crippen LogP contribution >= 0.6 is 31.9 Å². The number of aryl methyl sites for hydroxylation is 1. The topological polar surface area (TPSA) is 76.7 Å². The molecule has 3 rings (SSSR count). The van der Waals surface area contributed by atoms with Gasteiger partial charge in [0.15, 0.2) is 11.5 Å². The molecule has 28 heavy (non-hydrogen) atoms. The third-order valence-electron chi connectivity index (χ3n) is 4.22. The molecule has 1 heterocycles. The first kappa shape index (κ1) is 20.5. The van der Waals surface area contributed by atoms with Crippen molar-refractivity contribution < 1.29 is 9.84 Å². The smallest absolute Gasteiger partial charge is 0.282 e. The molecule has 0 fully saturated rings. The van der Waals surface area contributed by atoms with Crippen LogP contribution in [-0.2, 0) is 6.42 Å². The zero-order valence-corrected chi connectivity index (χ0v) is 18.6. The Bertz CT molecular complexity index is 1110. The maximum atomic E-state index is 13.0. The Hall–Kier alpha value is -2.19.